The van der Waals surface area contributed by atoms with Crippen molar-refractivity contribution in [1.82, 2.24) is 4.31 Å². The van der Waals surface area contributed by atoms with E-state index in [0.29, 0.717) is 13.0 Å². The zero-order valence-electron chi connectivity index (χ0n) is 8.87. The van der Waals surface area contributed by atoms with Crippen LogP contribution in [-0.2, 0) is 19.6 Å². The Hall–Kier alpha value is -0.310. The third-order valence-electron chi connectivity index (χ3n) is 2.30. The molecular formula is C8H15NO5S2. The molecule has 1 aliphatic rings. The second-order valence-corrected chi connectivity index (χ2v) is 6.45. The van der Waals surface area contributed by atoms with Crippen molar-refractivity contribution in [2.75, 3.05) is 26.0 Å². The Balaban J connectivity index is 2.54. The van der Waals surface area contributed by atoms with Crippen LogP contribution in [0.2, 0.25) is 0 Å². The Labute approximate surface area is 100 Å². The SMILES string of the molecule is CS(=O)(=O)N1C[C@H](S)C[C@H]1COCC(=O)O. The molecule has 0 amide bonds. The highest BCUT2D eigenvalue weighted by Gasteiger charge is 2.36. The smallest absolute Gasteiger partial charge is 0.329 e. The topological polar surface area (TPSA) is 83.9 Å². The Bertz CT molecular complexity index is 355. The molecule has 0 aromatic carbocycles. The molecule has 2 atom stereocenters. The first kappa shape index (κ1) is 13.8. The molecule has 0 aliphatic carbocycles. The highest BCUT2D eigenvalue weighted by Crippen LogP contribution is 2.24. The summed E-state index contributed by atoms with van der Waals surface area (Å²) in [6.45, 7) is 0.0326. The van der Waals surface area contributed by atoms with E-state index in [-0.39, 0.29) is 17.9 Å². The van der Waals surface area contributed by atoms with Crippen molar-refractivity contribution in [3.8, 4) is 0 Å². The molecule has 1 fully saturated rings. The maximum absolute atomic E-state index is 11.4. The van der Waals surface area contributed by atoms with Crippen molar-refractivity contribution >= 4 is 28.6 Å². The van der Waals surface area contributed by atoms with Gasteiger partial charge in [-0.25, -0.2) is 13.2 Å². The van der Waals surface area contributed by atoms with Crippen molar-refractivity contribution in [3.05, 3.63) is 0 Å². The van der Waals surface area contributed by atoms with Gasteiger partial charge in [-0.3, -0.25) is 0 Å². The molecule has 0 radical (unpaired) electrons. The van der Waals surface area contributed by atoms with E-state index in [2.05, 4.69) is 12.6 Å². The van der Waals surface area contributed by atoms with E-state index in [1.807, 2.05) is 0 Å². The number of sulfonamides is 1. The molecule has 94 valence electrons. The molecule has 0 unspecified atom stereocenters. The second-order valence-electron chi connectivity index (χ2n) is 3.78. The first-order valence-corrected chi connectivity index (χ1v) is 7.11. The summed E-state index contributed by atoms with van der Waals surface area (Å²) in [6.07, 6.45) is 1.71. The van der Waals surface area contributed by atoms with E-state index < -0.39 is 22.6 Å². The number of aliphatic carboxylic acids is 1. The lowest BCUT2D eigenvalue weighted by molar-refractivity contribution is -0.142. The summed E-state index contributed by atoms with van der Waals surface area (Å²) in [4.78, 5) is 10.2. The van der Waals surface area contributed by atoms with Gasteiger partial charge in [0.25, 0.3) is 0 Å². The molecular weight excluding hydrogens is 254 g/mol. The van der Waals surface area contributed by atoms with E-state index in [4.69, 9.17) is 9.84 Å². The van der Waals surface area contributed by atoms with Gasteiger partial charge >= 0.3 is 5.97 Å². The molecule has 0 bridgehead atoms. The monoisotopic (exact) mass is 269 g/mol. The van der Waals surface area contributed by atoms with Crippen molar-refractivity contribution in [2.24, 2.45) is 0 Å². The van der Waals surface area contributed by atoms with E-state index in [1.165, 1.54) is 4.31 Å². The number of thiol groups is 1. The first-order valence-electron chi connectivity index (χ1n) is 4.75. The summed E-state index contributed by atoms with van der Waals surface area (Å²) in [6, 6.07) is -0.308. The van der Waals surface area contributed by atoms with Crippen LogP contribution in [-0.4, -0.2) is 61.1 Å². The lowest BCUT2D eigenvalue weighted by Crippen LogP contribution is -2.38. The fourth-order valence-corrected chi connectivity index (χ4v) is 3.37. The van der Waals surface area contributed by atoms with Crippen LogP contribution >= 0.6 is 12.6 Å². The summed E-state index contributed by atoms with van der Waals surface area (Å²) < 4.78 is 29.0. The van der Waals surface area contributed by atoms with Gasteiger partial charge in [0.2, 0.25) is 10.0 Å². The molecule has 0 aromatic heterocycles. The average Bonchev–Trinajstić information content (AvgIpc) is 2.45. The molecule has 6 nitrogen and oxygen atoms in total. The quantitative estimate of drug-likeness (QED) is 0.652. The van der Waals surface area contributed by atoms with Gasteiger partial charge in [0.1, 0.15) is 6.61 Å². The van der Waals surface area contributed by atoms with Crippen molar-refractivity contribution in [1.29, 1.82) is 0 Å². The van der Waals surface area contributed by atoms with Gasteiger partial charge in [-0.05, 0) is 6.42 Å². The standard InChI is InChI=1S/C8H15NO5S2/c1-16(12,13)9-3-7(15)2-6(9)4-14-5-8(10)11/h6-7,15H,2-5H2,1H3,(H,10,11)/t6-,7+/m0/s1. The van der Waals surface area contributed by atoms with Crippen LogP contribution in [0.1, 0.15) is 6.42 Å². The number of hydrogen-bond acceptors (Lipinski definition) is 5. The maximum Gasteiger partial charge on any atom is 0.329 e. The minimum absolute atomic E-state index is 0.0202. The fourth-order valence-electron chi connectivity index (χ4n) is 1.70. The molecule has 1 rings (SSSR count). The first-order chi connectivity index (χ1) is 7.30. The molecule has 1 heterocycles. The Morgan fingerprint density at radius 2 is 2.25 bits per heavy atom. The summed E-state index contributed by atoms with van der Waals surface area (Å²) in [5.41, 5.74) is 0. The lowest BCUT2D eigenvalue weighted by atomic mass is 10.2. The third-order valence-corrected chi connectivity index (χ3v) is 3.98. The maximum atomic E-state index is 11.4. The van der Waals surface area contributed by atoms with E-state index in [9.17, 15) is 13.2 Å². The molecule has 0 saturated carbocycles. The number of carboxylic acids is 1. The van der Waals surface area contributed by atoms with Gasteiger partial charge in [-0.2, -0.15) is 16.9 Å². The van der Waals surface area contributed by atoms with Crippen LogP contribution in [0.3, 0.4) is 0 Å². The summed E-state index contributed by atoms with van der Waals surface area (Å²) in [5.74, 6) is -1.06. The van der Waals surface area contributed by atoms with Crippen LogP contribution in [0.25, 0.3) is 0 Å². The van der Waals surface area contributed by atoms with Gasteiger partial charge in [0.15, 0.2) is 0 Å². The van der Waals surface area contributed by atoms with Crippen LogP contribution in [0.15, 0.2) is 0 Å². The zero-order valence-corrected chi connectivity index (χ0v) is 10.6. The van der Waals surface area contributed by atoms with Crippen molar-refractivity contribution in [3.63, 3.8) is 0 Å². The Morgan fingerprint density at radius 3 is 2.75 bits per heavy atom. The predicted molar refractivity (Wildman–Crippen MR) is 61.2 cm³/mol. The largest absolute Gasteiger partial charge is 0.480 e. The predicted octanol–water partition coefficient (Wildman–Crippen LogP) is -0.580. The van der Waals surface area contributed by atoms with E-state index >= 15 is 0 Å². The van der Waals surface area contributed by atoms with Gasteiger partial charge in [0.05, 0.1) is 12.9 Å². The van der Waals surface area contributed by atoms with Crippen LogP contribution in [0.5, 0.6) is 0 Å². The van der Waals surface area contributed by atoms with Crippen LogP contribution in [0.4, 0.5) is 0 Å². The van der Waals surface area contributed by atoms with E-state index in [0.717, 1.165) is 6.26 Å². The number of hydrogen-bond donors (Lipinski definition) is 2. The van der Waals surface area contributed by atoms with Crippen LogP contribution < -0.4 is 0 Å². The highest BCUT2D eigenvalue weighted by atomic mass is 32.2. The average molecular weight is 269 g/mol. The van der Waals surface area contributed by atoms with Crippen LogP contribution in [0, 0.1) is 0 Å². The number of carbonyl (C=O) groups is 1. The molecule has 8 heteroatoms. The number of nitrogens with zero attached hydrogens (tertiary/aromatic N) is 1. The molecule has 1 N–H and O–H groups in total. The highest BCUT2D eigenvalue weighted by molar-refractivity contribution is 7.88. The minimum Gasteiger partial charge on any atom is -0.480 e. The Kier molecular flexibility index (Phi) is 4.60. The minimum atomic E-state index is -3.28. The normalized spacial score (nSPS) is 27.1. The zero-order chi connectivity index (χ0) is 12.3. The molecule has 16 heavy (non-hydrogen) atoms. The second kappa shape index (κ2) is 5.35. The summed E-state index contributed by atoms with van der Waals surface area (Å²) in [7, 11) is -3.28. The number of ether oxygens (including phenoxy) is 1. The number of carboxylic acid groups (broad SMARTS) is 1. The van der Waals surface area contributed by atoms with Gasteiger partial charge in [-0.1, -0.05) is 0 Å². The number of rotatable bonds is 5. The van der Waals surface area contributed by atoms with Gasteiger partial charge in [0, 0.05) is 17.8 Å². The van der Waals surface area contributed by atoms with E-state index in [1.54, 1.807) is 0 Å². The fraction of sp³-hybridized carbons (Fsp3) is 0.875. The molecule has 1 aliphatic heterocycles. The van der Waals surface area contributed by atoms with Gasteiger partial charge in [-0.15, -0.1) is 0 Å². The Morgan fingerprint density at radius 1 is 1.62 bits per heavy atom. The van der Waals surface area contributed by atoms with Gasteiger partial charge < -0.3 is 9.84 Å². The molecule has 1 saturated heterocycles. The third kappa shape index (κ3) is 3.93. The molecule has 0 spiro atoms. The summed E-state index contributed by atoms with van der Waals surface area (Å²) >= 11 is 4.23. The lowest BCUT2D eigenvalue weighted by Gasteiger charge is -2.21. The summed E-state index contributed by atoms with van der Waals surface area (Å²) in [5, 5.41) is 8.37. The van der Waals surface area contributed by atoms with Crippen molar-refractivity contribution in [2.45, 2.75) is 17.7 Å². The van der Waals surface area contributed by atoms with Crippen molar-refractivity contribution < 1.29 is 23.1 Å². The molecule has 0 aromatic rings.